The molecule has 2 N–H and O–H groups in total. The highest BCUT2D eigenvalue weighted by Gasteiger charge is 2.29. The predicted octanol–water partition coefficient (Wildman–Crippen LogP) is 5.83. The summed E-state index contributed by atoms with van der Waals surface area (Å²) in [7, 11) is 0. The van der Waals surface area contributed by atoms with E-state index in [0.717, 1.165) is 37.9 Å². The van der Waals surface area contributed by atoms with Crippen molar-refractivity contribution in [3.05, 3.63) is 94.9 Å². The average Bonchev–Trinajstić information content (AvgIpc) is 3.36. The van der Waals surface area contributed by atoms with Crippen molar-refractivity contribution < 1.29 is 19.4 Å². The zero-order valence-electron chi connectivity index (χ0n) is 17.9. The van der Waals surface area contributed by atoms with Gasteiger partial charge in [0.15, 0.2) is 0 Å². The van der Waals surface area contributed by atoms with Gasteiger partial charge in [0.25, 0.3) is 0 Å². The van der Waals surface area contributed by atoms with Gasteiger partial charge >= 0.3 is 12.1 Å². The van der Waals surface area contributed by atoms with E-state index in [4.69, 9.17) is 4.74 Å². The van der Waals surface area contributed by atoms with E-state index < -0.39 is 18.1 Å². The van der Waals surface area contributed by atoms with Gasteiger partial charge < -0.3 is 15.2 Å². The van der Waals surface area contributed by atoms with Crippen molar-refractivity contribution in [1.82, 2.24) is 5.32 Å². The molecule has 33 heavy (non-hydrogen) atoms. The number of alkyl carbamates (subject to hydrolysis) is 1. The molecule has 5 rings (SSSR count). The molecule has 1 atom stereocenters. The number of carboxylic acid groups (broad SMARTS) is 1. The van der Waals surface area contributed by atoms with Gasteiger partial charge in [-0.3, -0.25) is 4.79 Å². The summed E-state index contributed by atoms with van der Waals surface area (Å²) in [6.07, 6.45) is -0.336. The van der Waals surface area contributed by atoms with Crippen LogP contribution in [0.3, 0.4) is 0 Å². The molecule has 0 saturated carbocycles. The molecule has 0 fully saturated rings. The molecule has 0 aliphatic heterocycles. The Morgan fingerprint density at radius 2 is 1.58 bits per heavy atom. The zero-order valence-corrected chi connectivity index (χ0v) is 18.7. The Hall–Kier alpha value is -3.64. The second kappa shape index (κ2) is 9.08. The standard InChI is InChI=1S/C27H23NO4S/c29-26(30)14-18(13-17-16-33-25-12-6-5-7-19(17)25)28-27(31)32-15-24-22-10-3-1-8-20(22)21-9-2-4-11-23(21)24/h1-12,16,18,24H,13-15H2,(H,28,31)(H,29,30). The molecule has 0 bridgehead atoms. The summed E-state index contributed by atoms with van der Waals surface area (Å²) in [6, 6.07) is 23.7. The fourth-order valence-corrected chi connectivity index (χ4v) is 5.62. The number of thiophene rings is 1. The molecular formula is C27H23NO4S. The molecule has 1 aliphatic rings. The van der Waals surface area contributed by atoms with Crippen molar-refractivity contribution >= 4 is 33.5 Å². The first kappa shape index (κ1) is 21.2. The first-order chi connectivity index (χ1) is 16.1. The number of nitrogens with one attached hydrogen (secondary N) is 1. The monoisotopic (exact) mass is 457 g/mol. The third-order valence-corrected chi connectivity index (χ3v) is 7.13. The number of hydrogen-bond donors (Lipinski definition) is 2. The van der Waals surface area contributed by atoms with Crippen LogP contribution in [0.25, 0.3) is 21.2 Å². The highest BCUT2D eigenvalue weighted by molar-refractivity contribution is 7.17. The van der Waals surface area contributed by atoms with Crippen molar-refractivity contribution in [2.75, 3.05) is 6.61 Å². The van der Waals surface area contributed by atoms with E-state index in [9.17, 15) is 14.7 Å². The molecule has 3 aromatic carbocycles. The first-order valence-corrected chi connectivity index (χ1v) is 11.8. The normalized spacial score (nSPS) is 13.3. The van der Waals surface area contributed by atoms with Gasteiger partial charge in [-0.05, 0) is 51.1 Å². The Labute approximate surface area is 195 Å². The smallest absolute Gasteiger partial charge is 0.407 e. The lowest BCUT2D eigenvalue weighted by atomic mass is 9.98. The minimum Gasteiger partial charge on any atom is -0.481 e. The lowest BCUT2D eigenvalue weighted by molar-refractivity contribution is -0.137. The number of carbonyl (C=O) groups is 2. The van der Waals surface area contributed by atoms with E-state index in [1.165, 1.54) is 0 Å². The summed E-state index contributed by atoms with van der Waals surface area (Å²) in [6.45, 7) is 0.195. The summed E-state index contributed by atoms with van der Waals surface area (Å²) < 4.78 is 6.76. The van der Waals surface area contributed by atoms with E-state index in [2.05, 4.69) is 29.6 Å². The number of aliphatic carboxylic acids is 1. The number of amides is 1. The van der Waals surface area contributed by atoms with Gasteiger partial charge in [-0.25, -0.2) is 4.79 Å². The molecule has 1 aliphatic carbocycles. The fourth-order valence-electron chi connectivity index (χ4n) is 4.65. The Bertz CT molecular complexity index is 1280. The van der Waals surface area contributed by atoms with Crippen LogP contribution < -0.4 is 5.32 Å². The second-order valence-corrected chi connectivity index (χ2v) is 9.14. The molecule has 1 amide bonds. The Morgan fingerprint density at radius 1 is 0.939 bits per heavy atom. The molecule has 0 saturated heterocycles. The predicted molar refractivity (Wildman–Crippen MR) is 130 cm³/mol. The lowest BCUT2D eigenvalue weighted by Gasteiger charge is -2.19. The van der Waals surface area contributed by atoms with Crippen LogP contribution in [0.4, 0.5) is 4.79 Å². The van der Waals surface area contributed by atoms with Gasteiger partial charge in [0.05, 0.1) is 6.42 Å². The van der Waals surface area contributed by atoms with Gasteiger partial charge in [-0.15, -0.1) is 11.3 Å². The maximum atomic E-state index is 12.7. The van der Waals surface area contributed by atoms with Crippen molar-refractivity contribution in [2.24, 2.45) is 0 Å². The fraction of sp³-hybridized carbons (Fsp3) is 0.185. The van der Waals surface area contributed by atoms with Crippen LogP contribution in [-0.2, 0) is 16.0 Å². The number of hydrogen-bond acceptors (Lipinski definition) is 4. The van der Waals surface area contributed by atoms with Crippen LogP contribution >= 0.6 is 11.3 Å². The van der Waals surface area contributed by atoms with Crippen LogP contribution in [0.15, 0.2) is 78.2 Å². The van der Waals surface area contributed by atoms with Gasteiger partial charge in [-0.2, -0.15) is 0 Å². The number of ether oxygens (including phenoxy) is 1. The summed E-state index contributed by atoms with van der Waals surface area (Å²) >= 11 is 1.62. The minimum absolute atomic E-state index is 0.0399. The van der Waals surface area contributed by atoms with Gasteiger partial charge in [0, 0.05) is 16.7 Å². The number of fused-ring (bicyclic) bond motifs is 4. The van der Waals surface area contributed by atoms with Crippen LogP contribution in [0.1, 0.15) is 29.0 Å². The quantitative estimate of drug-likeness (QED) is 0.366. The van der Waals surface area contributed by atoms with Crippen LogP contribution in [0.2, 0.25) is 0 Å². The summed E-state index contributed by atoms with van der Waals surface area (Å²) in [4.78, 5) is 24.1. The highest BCUT2D eigenvalue weighted by Crippen LogP contribution is 2.44. The van der Waals surface area contributed by atoms with E-state index in [1.54, 1.807) is 11.3 Å². The molecule has 0 spiro atoms. The van der Waals surface area contributed by atoms with E-state index in [1.807, 2.05) is 53.9 Å². The third kappa shape index (κ3) is 4.34. The molecule has 1 unspecified atom stereocenters. The van der Waals surface area contributed by atoms with Gasteiger partial charge in [0.2, 0.25) is 0 Å². The molecule has 166 valence electrons. The van der Waals surface area contributed by atoms with E-state index >= 15 is 0 Å². The molecule has 1 heterocycles. The molecule has 6 heteroatoms. The Balaban J connectivity index is 1.28. The second-order valence-electron chi connectivity index (χ2n) is 8.23. The zero-order chi connectivity index (χ0) is 22.8. The number of benzene rings is 3. The summed E-state index contributed by atoms with van der Waals surface area (Å²) in [5.74, 6) is -1.000. The van der Waals surface area contributed by atoms with Crippen LogP contribution in [0, 0.1) is 0 Å². The van der Waals surface area contributed by atoms with E-state index in [-0.39, 0.29) is 18.9 Å². The van der Waals surface area contributed by atoms with Crippen molar-refractivity contribution in [2.45, 2.75) is 24.8 Å². The van der Waals surface area contributed by atoms with Gasteiger partial charge in [0.1, 0.15) is 6.61 Å². The summed E-state index contributed by atoms with van der Waals surface area (Å²) in [5, 5.41) is 15.3. The Kier molecular flexibility index (Phi) is 5.84. The highest BCUT2D eigenvalue weighted by atomic mass is 32.1. The lowest BCUT2D eigenvalue weighted by Crippen LogP contribution is -2.38. The van der Waals surface area contributed by atoms with Crippen molar-refractivity contribution in [3.8, 4) is 11.1 Å². The summed E-state index contributed by atoms with van der Waals surface area (Å²) in [5.41, 5.74) is 5.63. The molecule has 4 aromatic rings. The maximum Gasteiger partial charge on any atom is 0.407 e. The number of carbonyl (C=O) groups excluding carboxylic acids is 1. The number of carboxylic acids is 1. The minimum atomic E-state index is -0.960. The molecular weight excluding hydrogens is 434 g/mol. The SMILES string of the molecule is O=C(O)CC(Cc1csc2ccccc12)NC(=O)OCC1c2ccccc2-c2ccccc21. The van der Waals surface area contributed by atoms with Crippen molar-refractivity contribution in [1.29, 1.82) is 0 Å². The number of rotatable bonds is 7. The maximum absolute atomic E-state index is 12.7. The first-order valence-electron chi connectivity index (χ1n) is 10.9. The molecule has 1 aromatic heterocycles. The van der Waals surface area contributed by atoms with Crippen molar-refractivity contribution in [3.63, 3.8) is 0 Å². The third-order valence-electron chi connectivity index (χ3n) is 6.11. The van der Waals surface area contributed by atoms with Crippen LogP contribution in [0.5, 0.6) is 0 Å². The largest absolute Gasteiger partial charge is 0.481 e. The average molecular weight is 458 g/mol. The Morgan fingerprint density at radius 3 is 2.27 bits per heavy atom. The topological polar surface area (TPSA) is 75.6 Å². The van der Waals surface area contributed by atoms with E-state index in [0.29, 0.717) is 6.42 Å². The van der Waals surface area contributed by atoms with Crippen LogP contribution in [-0.4, -0.2) is 29.8 Å². The molecule has 5 nitrogen and oxygen atoms in total. The molecule has 0 radical (unpaired) electrons. The van der Waals surface area contributed by atoms with Gasteiger partial charge in [-0.1, -0.05) is 66.7 Å².